The monoisotopic (exact) mass is 403 g/mol. The van der Waals surface area contributed by atoms with Gasteiger partial charge in [0, 0.05) is 47.0 Å². The Morgan fingerprint density at radius 2 is 2.14 bits per heavy atom. The fraction of sp³-hybridized carbons (Fsp3) is 0.350. The van der Waals surface area contributed by atoms with E-state index in [-0.39, 0.29) is 23.5 Å². The number of piperidine rings is 1. The number of hydrogen-bond donors (Lipinski definition) is 3. The van der Waals surface area contributed by atoms with E-state index in [2.05, 4.69) is 25.6 Å². The minimum Gasteiger partial charge on any atom is -0.360 e. The van der Waals surface area contributed by atoms with Gasteiger partial charge in [0.1, 0.15) is 5.56 Å². The molecule has 0 unspecified atom stereocenters. The van der Waals surface area contributed by atoms with Crippen LogP contribution in [0.3, 0.4) is 0 Å². The molecule has 0 bridgehead atoms. The van der Waals surface area contributed by atoms with Gasteiger partial charge in [-0.3, -0.25) is 4.79 Å². The summed E-state index contributed by atoms with van der Waals surface area (Å²) in [5.74, 6) is 0.0463. The number of halogens is 3. The number of Topliss-reactive ketones (excluding diaryl/α,β-unsaturated/α-hetero) is 1. The lowest BCUT2D eigenvalue weighted by atomic mass is 10.0. The number of carbonyl (C=O) groups excluding carboxylic acids is 1. The van der Waals surface area contributed by atoms with E-state index in [1.165, 1.54) is 13.1 Å². The Labute approximate surface area is 164 Å². The first kappa shape index (κ1) is 19.4. The Balaban J connectivity index is 1.79. The van der Waals surface area contributed by atoms with E-state index in [0.29, 0.717) is 28.6 Å². The molecule has 6 nitrogen and oxygen atoms in total. The first-order valence-electron chi connectivity index (χ1n) is 9.37. The average Bonchev–Trinajstić information content (AvgIpc) is 3.11. The van der Waals surface area contributed by atoms with E-state index in [1.807, 2.05) is 0 Å². The summed E-state index contributed by atoms with van der Waals surface area (Å²) in [6.07, 6.45) is -0.412. The molecule has 3 heterocycles. The summed E-state index contributed by atoms with van der Waals surface area (Å²) in [5.41, 5.74) is 0.277. The number of hydrogen-bond acceptors (Lipinski definition) is 5. The largest absolute Gasteiger partial charge is 0.419 e. The molecule has 4 rings (SSSR count). The maximum absolute atomic E-state index is 13.6. The Morgan fingerprint density at radius 3 is 2.83 bits per heavy atom. The van der Waals surface area contributed by atoms with E-state index < -0.39 is 11.7 Å². The number of aromatic nitrogens is 3. The molecule has 0 radical (unpaired) electrons. The number of anilines is 1. The third kappa shape index (κ3) is 3.95. The molecule has 1 fully saturated rings. The minimum atomic E-state index is -4.59. The number of benzene rings is 1. The highest BCUT2D eigenvalue weighted by Gasteiger charge is 2.36. The van der Waals surface area contributed by atoms with Crippen molar-refractivity contribution in [2.45, 2.75) is 32.0 Å². The SMILES string of the molecule is CC(=O)c1ccc2c(-c3nc(N[C@H]4CCCNC4)ncc3C(F)(F)F)c[nH]c2c1. The molecule has 0 amide bonds. The number of rotatable bonds is 4. The Hall–Kier alpha value is -2.94. The van der Waals surface area contributed by atoms with Crippen LogP contribution in [0.1, 0.15) is 35.7 Å². The number of nitrogens with one attached hydrogen (secondary N) is 3. The van der Waals surface area contributed by atoms with Crippen LogP contribution in [0.15, 0.2) is 30.6 Å². The summed E-state index contributed by atoms with van der Waals surface area (Å²) >= 11 is 0. The van der Waals surface area contributed by atoms with Gasteiger partial charge >= 0.3 is 6.18 Å². The standard InChI is InChI=1S/C20H20F3N5O/c1-11(29)12-4-5-14-15(9-25-17(14)7-12)18-16(20(21,22)23)10-26-19(28-18)27-13-3-2-6-24-8-13/h4-5,7,9-10,13,24-25H,2-3,6,8H2,1H3,(H,26,27,28)/t13-/m0/s1. The lowest BCUT2D eigenvalue weighted by Gasteiger charge is -2.24. The van der Waals surface area contributed by atoms with Gasteiger partial charge in [0.05, 0.1) is 5.69 Å². The highest BCUT2D eigenvalue weighted by molar-refractivity contribution is 6.01. The van der Waals surface area contributed by atoms with E-state index in [0.717, 1.165) is 25.6 Å². The van der Waals surface area contributed by atoms with Gasteiger partial charge in [0.25, 0.3) is 0 Å². The molecule has 1 atom stereocenters. The maximum atomic E-state index is 13.6. The molecule has 0 aliphatic carbocycles. The van der Waals surface area contributed by atoms with Crippen molar-refractivity contribution in [1.29, 1.82) is 0 Å². The number of ketones is 1. The van der Waals surface area contributed by atoms with Crippen LogP contribution >= 0.6 is 0 Å². The molecule has 1 aliphatic heterocycles. The van der Waals surface area contributed by atoms with Gasteiger partial charge < -0.3 is 15.6 Å². The quantitative estimate of drug-likeness (QED) is 0.574. The first-order valence-corrected chi connectivity index (χ1v) is 9.37. The normalized spacial score (nSPS) is 17.4. The molecule has 2 aromatic heterocycles. The zero-order valence-electron chi connectivity index (χ0n) is 15.7. The molecule has 3 N–H and O–H groups in total. The summed E-state index contributed by atoms with van der Waals surface area (Å²) in [4.78, 5) is 22.7. The van der Waals surface area contributed by atoms with Gasteiger partial charge in [-0.1, -0.05) is 12.1 Å². The van der Waals surface area contributed by atoms with Crippen molar-refractivity contribution in [1.82, 2.24) is 20.3 Å². The predicted molar refractivity (Wildman–Crippen MR) is 104 cm³/mol. The molecule has 0 spiro atoms. The highest BCUT2D eigenvalue weighted by atomic mass is 19.4. The van der Waals surface area contributed by atoms with E-state index in [4.69, 9.17) is 0 Å². The van der Waals surface area contributed by atoms with Crippen LogP contribution in [0.4, 0.5) is 19.1 Å². The van der Waals surface area contributed by atoms with Crippen molar-refractivity contribution in [2.75, 3.05) is 18.4 Å². The summed E-state index contributed by atoms with van der Waals surface area (Å²) in [5, 5.41) is 6.93. The second-order valence-electron chi connectivity index (χ2n) is 7.16. The van der Waals surface area contributed by atoms with Crippen molar-refractivity contribution in [3.8, 4) is 11.3 Å². The topological polar surface area (TPSA) is 82.7 Å². The Kier molecular flexibility index (Phi) is 4.99. The Bertz CT molecular complexity index is 1050. The summed E-state index contributed by atoms with van der Waals surface area (Å²) in [7, 11) is 0. The van der Waals surface area contributed by atoms with Crippen molar-refractivity contribution in [2.24, 2.45) is 0 Å². The molecular formula is C20H20F3N5O. The molecule has 1 saturated heterocycles. The number of H-pyrrole nitrogens is 1. The van der Waals surface area contributed by atoms with Crippen LogP contribution in [-0.4, -0.2) is 39.9 Å². The van der Waals surface area contributed by atoms with Crippen molar-refractivity contribution in [3.05, 3.63) is 41.7 Å². The molecule has 1 aromatic carbocycles. The number of nitrogens with zero attached hydrogens (tertiary/aromatic N) is 2. The third-order valence-corrected chi connectivity index (χ3v) is 5.07. The van der Waals surface area contributed by atoms with Crippen LogP contribution in [0, 0.1) is 0 Å². The third-order valence-electron chi connectivity index (χ3n) is 5.07. The lowest BCUT2D eigenvalue weighted by Crippen LogP contribution is -2.38. The fourth-order valence-electron chi connectivity index (χ4n) is 3.56. The second kappa shape index (κ2) is 7.47. The molecule has 152 valence electrons. The van der Waals surface area contributed by atoms with Gasteiger partial charge in [0.2, 0.25) is 5.95 Å². The number of aromatic amines is 1. The number of fused-ring (bicyclic) bond motifs is 1. The molecular weight excluding hydrogens is 383 g/mol. The second-order valence-corrected chi connectivity index (χ2v) is 7.16. The zero-order valence-corrected chi connectivity index (χ0v) is 15.7. The molecule has 1 aliphatic rings. The van der Waals surface area contributed by atoms with Crippen LogP contribution in [0.2, 0.25) is 0 Å². The summed E-state index contributed by atoms with van der Waals surface area (Å²) < 4.78 is 40.9. The van der Waals surface area contributed by atoms with Gasteiger partial charge in [-0.2, -0.15) is 13.2 Å². The average molecular weight is 403 g/mol. The Morgan fingerprint density at radius 1 is 1.31 bits per heavy atom. The number of alkyl halides is 3. The van der Waals surface area contributed by atoms with Gasteiger partial charge in [-0.05, 0) is 32.4 Å². The predicted octanol–water partition coefficient (Wildman–Crippen LogP) is 4.01. The van der Waals surface area contributed by atoms with Crippen LogP contribution < -0.4 is 10.6 Å². The molecule has 29 heavy (non-hydrogen) atoms. The van der Waals surface area contributed by atoms with E-state index in [1.54, 1.807) is 18.2 Å². The molecule has 3 aromatic rings. The first-order chi connectivity index (χ1) is 13.8. The molecule has 0 saturated carbocycles. The van der Waals surface area contributed by atoms with Gasteiger partial charge in [-0.15, -0.1) is 0 Å². The smallest absolute Gasteiger partial charge is 0.360 e. The van der Waals surface area contributed by atoms with Crippen molar-refractivity contribution >= 4 is 22.6 Å². The van der Waals surface area contributed by atoms with Crippen molar-refractivity contribution in [3.63, 3.8) is 0 Å². The van der Waals surface area contributed by atoms with E-state index in [9.17, 15) is 18.0 Å². The number of carbonyl (C=O) groups is 1. The highest BCUT2D eigenvalue weighted by Crippen LogP contribution is 2.38. The summed E-state index contributed by atoms with van der Waals surface area (Å²) in [6.45, 7) is 3.07. The van der Waals surface area contributed by atoms with Crippen molar-refractivity contribution < 1.29 is 18.0 Å². The molecule has 9 heteroatoms. The van der Waals surface area contributed by atoms with Crippen LogP contribution in [0.5, 0.6) is 0 Å². The maximum Gasteiger partial charge on any atom is 0.419 e. The van der Waals surface area contributed by atoms with Gasteiger partial charge in [0.15, 0.2) is 5.78 Å². The van der Waals surface area contributed by atoms with Gasteiger partial charge in [-0.25, -0.2) is 9.97 Å². The fourth-order valence-corrected chi connectivity index (χ4v) is 3.56. The zero-order chi connectivity index (χ0) is 20.6. The van der Waals surface area contributed by atoms with Crippen LogP contribution in [0.25, 0.3) is 22.2 Å². The summed E-state index contributed by atoms with van der Waals surface area (Å²) in [6, 6.07) is 4.93. The van der Waals surface area contributed by atoms with E-state index >= 15 is 0 Å². The van der Waals surface area contributed by atoms with Crippen LogP contribution in [-0.2, 0) is 6.18 Å². The lowest BCUT2D eigenvalue weighted by molar-refractivity contribution is -0.137. The minimum absolute atomic E-state index is 0.0643.